The molecule has 7 nitrogen and oxygen atoms in total. The van der Waals surface area contributed by atoms with Crippen LogP contribution in [0, 0.1) is 0 Å². The third-order valence-electron chi connectivity index (χ3n) is 3.82. The lowest BCUT2D eigenvalue weighted by Gasteiger charge is -2.27. The Labute approximate surface area is 146 Å². The van der Waals surface area contributed by atoms with E-state index >= 15 is 0 Å². The Morgan fingerprint density at radius 2 is 2.08 bits per heavy atom. The maximum absolute atomic E-state index is 12.4. The topological polar surface area (TPSA) is 81.7 Å². The molecule has 1 aromatic carbocycles. The number of benzene rings is 1. The van der Waals surface area contributed by atoms with Crippen molar-refractivity contribution in [3.8, 4) is 17.4 Å². The minimum Gasteiger partial charge on any atom is -0.476 e. The lowest BCUT2D eigenvalue weighted by Crippen LogP contribution is -2.43. The van der Waals surface area contributed by atoms with Crippen molar-refractivity contribution >= 4 is 11.7 Å². The van der Waals surface area contributed by atoms with Gasteiger partial charge in [0.05, 0.1) is 12.1 Å². The molecule has 2 N–H and O–H groups in total. The predicted molar refractivity (Wildman–Crippen MR) is 93.2 cm³/mol. The second kappa shape index (κ2) is 6.88. The average Bonchev–Trinajstić information content (AvgIpc) is 3.04. The minimum atomic E-state index is -0.612. The Morgan fingerprint density at radius 1 is 1.28 bits per heavy atom. The van der Waals surface area contributed by atoms with Gasteiger partial charge < -0.3 is 24.8 Å². The molecule has 0 saturated carbocycles. The van der Waals surface area contributed by atoms with Crippen LogP contribution in [0.15, 0.2) is 36.5 Å². The molecule has 25 heavy (non-hydrogen) atoms. The Hall–Kier alpha value is -2.96. The molecular weight excluding hydrogens is 322 g/mol. The van der Waals surface area contributed by atoms with Gasteiger partial charge in [0, 0.05) is 6.20 Å². The van der Waals surface area contributed by atoms with Crippen molar-refractivity contribution in [2.75, 3.05) is 18.7 Å². The van der Waals surface area contributed by atoms with Crippen LogP contribution in [0.25, 0.3) is 0 Å². The van der Waals surface area contributed by atoms with E-state index in [0.717, 1.165) is 5.56 Å². The summed E-state index contributed by atoms with van der Waals surface area (Å²) in [5.41, 5.74) is 0.811. The number of amides is 2. The zero-order valence-electron chi connectivity index (χ0n) is 14.5. The molecule has 2 heterocycles. The number of hydrogen-bond donors (Lipinski definition) is 2. The van der Waals surface area contributed by atoms with E-state index in [1.165, 1.54) is 0 Å². The molecule has 0 unspecified atom stereocenters. The van der Waals surface area contributed by atoms with E-state index < -0.39 is 5.54 Å². The molecule has 1 aliphatic heterocycles. The van der Waals surface area contributed by atoms with Gasteiger partial charge in [-0.05, 0) is 50.6 Å². The van der Waals surface area contributed by atoms with Gasteiger partial charge in [0.15, 0.2) is 11.5 Å². The van der Waals surface area contributed by atoms with Crippen LogP contribution in [0.4, 0.5) is 10.5 Å². The SMILES string of the molecule is CCOc1ncccc1NC(=O)NC(C)(C)c1ccc2c(c1)OCO2. The molecule has 0 saturated heterocycles. The van der Waals surface area contributed by atoms with Crippen molar-refractivity contribution in [1.29, 1.82) is 0 Å². The van der Waals surface area contributed by atoms with Gasteiger partial charge in [-0.25, -0.2) is 9.78 Å². The minimum absolute atomic E-state index is 0.217. The van der Waals surface area contributed by atoms with E-state index in [1.54, 1.807) is 18.3 Å². The maximum Gasteiger partial charge on any atom is 0.320 e. The van der Waals surface area contributed by atoms with Crippen LogP contribution < -0.4 is 24.8 Å². The lowest BCUT2D eigenvalue weighted by atomic mass is 9.94. The number of rotatable bonds is 5. The first-order valence-corrected chi connectivity index (χ1v) is 8.06. The zero-order chi connectivity index (χ0) is 17.9. The van der Waals surface area contributed by atoms with Crippen molar-refractivity contribution in [2.24, 2.45) is 0 Å². The summed E-state index contributed by atoms with van der Waals surface area (Å²) in [6, 6.07) is 8.75. The quantitative estimate of drug-likeness (QED) is 0.871. The number of anilines is 1. The molecule has 2 aromatic rings. The molecule has 0 spiro atoms. The van der Waals surface area contributed by atoms with E-state index in [9.17, 15) is 4.79 Å². The Kier molecular flexibility index (Phi) is 4.65. The van der Waals surface area contributed by atoms with Gasteiger partial charge in [0.2, 0.25) is 12.7 Å². The highest BCUT2D eigenvalue weighted by Gasteiger charge is 2.26. The summed E-state index contributed by atoms with van der Waals surface area (Å²) in [5, 5.41) is 5.73. The predicted octanol–water partition coefficient (Wildman–Crippen LogP) is 3.27. The number of ether oxygens (including phenoxy) is 3. The molecule has 0 atom stereocenters. The van der Waals surface area contributed by atoms with Gasteiger partial charge in [-0.15, -0.1) is 0 Å². The lowest BCUT2D eigenvalue weighted by molar-refractivity contribution is 0.174. The Balaban J connectivity index is 1.71. The van der Waals surface area contributed by atoms with Crippen molar-refractivity contribution < 1.29 is 19.0 Å². The highest BCUT2D eigenvalue weighted by Crippen LogP contribution is 2.35. The standard InChI is InChI=1S/C18H21N3O4/c1-4-23-16-13(6-5-9-19-16)20-17(22)21-18(2,3)12-7-8-14-15(10-12)25-11-24-14/h5-10H,4,11H2,1-3H3,(H2,20,21,22). The molecule has 0 radical (unpaired) electrons. The summed E-state index contributed by atoms with van der Waals surface area (Å²) < 4.78 is 16.1. The third-order valence-corrected chi connectivity index (χ3v) is 3.82. The molecule has 3 rings (SSSR count). The fourth-order valence-corrected chi connectivity index (χ4v) is 2.53. The number of carbonyl (C=O) groups excluding carboxylic acids is 1. The molecule has 0 bridgehead atoms. The van der Waals surface area contributed by atoms with Crippen LogP contribution in [-0.2, 0) is 5.54 Å². The van der Waals surface area contributed by atoms with Gasteiger partial charge in [0.25, 0.3) is 0 Å². The van der Waals surface area contributed by atoms with Gasteiger partial charge in [-0.3, -0.25) is 0 Å². The first-order valence-electron chi connectivity index (χ1n) is 8.06. The van der Waals surface area contributed by atoms with E-state index in [-0.39, 0.29) is 12.8 Å². The normalized spacial score (nSPS) is 12.6. The summed E-state index contributed by atoms with van der Waals surface area (Å²) >= 11 is 0. The molecule has 132 valence electrons. The van der Waals surface area contributed by atoms with Crippen molar-refractivity contribution in [3.05, 3.63) is 42.1 Å². The van der Waals surface area contributed by atoms with Crippen molar-refractivity contribution in [2.45, 2.75) is 26.3 Å². The molecular formula is C18H21N3O4. The summed E-state index contributed by atoms with van der Waals surface area (Å²) in [6.07, 6.45) is 1.62. The van der Waals surface area contributed by atoms with Gasteiger partial charge >= 0.3 is 6.03 Å². The molecule has 2 amide bonds. The zero-order valence-corrected chi connectivity index (χ0v) is 14.5. The van der Waals surface area contributed by atoms with Crippen molar-refractivity contribution in [1.82, 2.24) is 10.3 Å². The molecule has 1 aliphatic rings. The van der Waals surface area contributed by atoms with Gasteiger partial charge in [0.1, 0.15) is 5.69 Å². The summed E-state index contributed by atoms with van der Waals surface area (Å²) in [5.74, 6) is 1.78. The van der Waals surface area contributed by atoms with E-state index in [2.05, 4.69) is 15.6 Å². The maximum atomic E-state index is 12.4. The fraction of sp³-hybridized carbons (Fsp3) is 0.333. The van der Waals surface area contributed by atoms with Crippen molar-refractivity contribution in [3.63, 3.8) is 0 Å². The molecule has 0 fully saturated rings. The number of nitrogens with one attached hydrogen (secondary N) is 2. The average molecular weight is 343 g/mol. The number of hydrogen-bond acceptors (Lipinski definition) is 5. The fourth-order valence-electron chi connectivity index (χ4n) is 2.53. The highest BCUT2D eigenvalue weighted by atomic mass is 16.7. The van der Waals surface area contributed by atoms with Gasteiger partial charge in [-0.1, -0.05) is 6.07 Å². The van der Waals surface area contributed by atoms with E-state index in [4.69, 9.17) is 14.2 Å². The molecule has 1 aromatic heterocycles. The smallest absolute Gasteiger partial charge is 0.320 e. The number of pyridine rings is 1. The number of aromatic nitrogens is 1. The second-order valence-corrected chi connectivity index (χ2v) is 6.06. The Morgan fingerprint density at radius 3 is 2.88 bits per heavy atom. The van der Waals surface area contributed by atoms with Crippen LogP contribution in [0.3, 0.4) is 0 Å². The van der Waals surface area contributed by atoms with E-state index in [0.29, 0.717) is 29.7 Å². The van der Waals surface area contributed by atoms with Crippen LogP contribution in [0.1, 0.15) is 26.3 Å². The van der Waals surface area contributed by atoms with Crippen LogP contribution in [-0.4, -0.2) is 24.4 Å². The van der Waals surface area contributed by atoms with Crippen LogP contribution in [0.5, 0.6) is 17.4 Å². The molecule has 7 heteroatoms. The summed E-state index contributed by atoms with van der Waals surface area (Å²) in [7, 11) is 0. The van der Waals surface area contributed by atoms with E-state index in [1.807, 2.05) is 39.0 Å². The third kappa shape index (κ3) is 3.76. The highest BCUT2D eigenvalue weighted by molar-refractivity contribution is 5.91. The first kappa shape index (κ1) is 16.9. The Bertz CT molecular complexity index is 777. The largest absolute Gasteiger partial charge is 0.476 e. The number of carbonyl (C=O) groups is 1. The summed E-state index contributed by atoms with van der Waals surface area (Å²) in [4.78, 5) is 16.6. The van der Waals surface area contributed by atoms with Crippen LogP contribution >= 0.6 is 0 Å². The molecule has 0 aliphatic carbocycles. The monoisotopic (exact) mass is 343 g/mol. The van der Waals surface area contributed by atoms with Crippen LogP contribution in [0.2, 0.25) is 0 Å². The first-order chi connectivity index (χ1) is 12.0. The summed E-state index contributed by atoms with van der Waals surface area (Å²) in [6.45, 7) is 6.37. The second-order valence-electron chi connectivity index (χ2n) is 6.06. The van der Waals surface area contributed by atoms with Gasteiger partial charge in [-0.2, -0.15) is 0 Å². The number of nitrogens with zero attached hydrogens (tertiary/aromatic N) is 1. The number of fused-ring (bicyclic) bond motifs is 1. The number of urea groups is 1.